The van der Waals surface area contributed by atoms with Crippen LogP contribution in [-0.4, -0.2) is 54.2 Å². The zero-order valence-electron chi connectivity index (χ0n) is 19.0. The molecule has 1 fully saturated rings. The molecule has 1 aromatic rings. The Hall–Kier alpha value is -2.24. The average molecular weight is 404 g/mol. The maximum atomic E-state index is 12.7. The summed E-state index contributed by atoms with van der Waals surface area (Å²) in [5.74, 6) is 0.246. The number of anilines is 1. The lowest BCUT2D eigenvalue weighted by Gasteiger charge is -2.35. The lowest BCUT2D eigenvalue weighted by molar-refractivity contribution is 0.0253. The van der Waals surface area contributed by atoms with Crippen molar-refractivity contribution in [2.45, 2.75) is 65.4 Å². The number of nitrogens with one attached hydrogen (secondary N) is 1. The van der Waals surface area contributed by atoms with E-state index in [9.17, 15) is 9.59 Å². The van der Waals surface area contributed by atoms with Gasteiger partial charge in [-0.3, -0.25) is 0 Å². The molecule has 1 N–H and O–H groups in total. The normalized spacial score (nSPS) is 17.6. The quantitative estimate of drug-likeness (QED) is 0.764. The molecule has 1 atom stereocenters. The molecule has 0 aliphatic carbocycles. The molecule has 1 saturated heterocycles. The first-order valence-corrected chi connectivity index (χ1v) is 10.5. The van der Waals surface area contributed by atoms with Gasteiger partial charge in [-0.05, 0) is 62.6 Å². The Labute approximate surface area is 175 Å². The highest BCUT2D eigenvalue weighted by Gasteiger charge is 2.27. The second kappa shape index (κ2) is 9.06. The van der Waals surface area contributed by atoms with Crippen molar-refractivity contribution in [3.63, 3.8) is 0 Å². The molecule has 3 amide bonds. The van der Waals surface area contributed by atoms with Crippen LogP contribution in [0.15, 0.2) is 24.3 Å². The molecule has 1 heterocycles. The van der Waals surface area contributed by atoms with Crippen molar-refractivity contribution in [3.05, 3.63) is 29.8 Å². The number of amides is 3. The van der Waals surface area contributed by atoms with Crippen LogP contribution in [-0.2, 0) is 10.2 Å². The van der Waals surface area contributed by atoms with Gasteiger partial charge in [-0.15, -0.1) is 0 Å². The number of rotatable bonds is 3. The Kier molecular flexibility index (Phi) is 7.20. The zero-order chi connectivity index (χ0) is 21.8. The van der Waals surface area contributed by atoms with Gasteiger partial charge in [-0.25, -0.2) is 9.59 Å². The molecule has 0 bridgehead atoms. The van der Waals surface area contributed by atoms with Crippen molar-refractivity contribution >= 4 is 17.8 Å². The average Bonchev–Trinajstić information content (AvgIpc) is 2.60. The lowest BCUT2D eigenvalue weighted by Crippen LogP contribution is -2.46. The minimum atomic E-state index is -0.508. The molecule has 1 aliphatic rings. The smallest absolute Gasteiger partial charge is 0.410 e. The van der Waals surface area contributed by atoms with Crippen molar-refractivity contribution < 1.29 is 14.3 Å². The van der Waals surface area contributed by atoms with E-state index in [1.54, 1.807) is 11.9 Å². The van der Waals surface area contributed by atoms with Gasteiger partial charge in [0.15, 0.2) is 0 Å². The van der Waals surface area contributed by atoms with Gasteiger partial charge in [-0.2, -0.15) is 0 Å². The summed E-state index contributed by atoms with van der Waals surface area (Å²) in [6.45, 7) is 14.0. The third kappa shape index (κ3) is 7.26. The highest BCUT2D eigenvalue weighted by atomic mass is 16.6. The van der Waals surface area contributed by atoms with E-state index in [0.717, 1.165) is 25.1 Å². The van der Waals surface area contributed by atoms with Gasteiger partial charge < -0.3 is 19.9 Å². The molecule has 1 aliphatic heterocycles. The molecule has 1 unspecified atom stereocenters. The van der Waals surface area contributed by atoms with Crippen LogP contribution in [0.1, 0.15) is 59.9 Å². The Morgan fingerprint density at radius 2 is 1.76 bits per heavy atom. The maximum absolute atomic E-state index is 12.7. The molecule has 6 heteroatoms. The van der Waals surface area contributed by atoms with Crippen molar-refractivity contribution in [2.75, 3.05) is 32.0 Å². The topological polar surface area (TPSA) is 61.9 Å². The molecular formula is C23H37N3O3. The molecule has 0 radical (unpaired) electrons. The summed E-state index contributed by atoms with van der Waals surface area (Å²) in [5, 5.41) is 3.00. The van der Waals surface area contributed by atoms with Crippen molar-refractivity contribution in [1.29, 1.82) is 0 Å². The van der Waals surface area contributed by atoms with Crippen LogP contribution in [0.25, 0.3) is 0 Å². The van der Waals surface area contributed by atoms with E-state index in [2.05, 4.69) is 38.2 Å². The molecular weight excluding hydrogens is 366 g/mol. The monoisotopic (exact) mass is 403 g/mol. The van der Waals surface area contributed by atoms with Gasteiger partial charge in [-0.1, -0.05) is 32.9 Å². The first kappa shape index (κ1) is 23.0. The maximum Gasteiger partial charge on any atom is 0.410 e. The van der Waals surface area contributed by atoms with Gasteiger partial charge in [0.05, 0.1) is 0 Å². The molecule has 0 aromatic heterocycles. The standard InChI is InChI=1S/C23H37N3O3/c1-22(2,3)18-10-12-19(13-11-18)24-20(27)26-14-8-9-17(16-26)15-25(7)21(28)29-23(4,5)6/h10-13,17H,8-9,14-16H2,1-7H3,(H,24,27). The number of hydrogen-bond acceptors (Lipinski definition) is 3. The van der Waals surface area contributed by atoms with Gasteiger partial charge in [0.2, 0.25) is 0 Å². The highest BCUT2D eigenvalue weighted by molar-refractivity contribution is 5.89. The summed E-state index contributed by atoms with van der Waals surface area (Å²) < 4.78 is 5.42. The Morgan fingerprint density at radius 3 is 2.31 bits per heavy atom. The van der Waals surface area contributed by atoms with E-state index in [1.807, 2.05) is 37.8 Å². The SMILES string of the molecule is CN(CC1CCCN(C(=O)Nc2ccc(C(C)(C)C)cc2)C1)C(=O)OC(C)(C)C. The van der Waals surface area contributed by atoms with E-state index in [4.69, 9.17) is 4.74 Å². The summed E-state index contributed by atoms with van der Waals surface area (Å²) >= 11 is 0. The van der Waals surface area contributed by atoms with E-state index < -0.39 is 5.60 Å². The number of carbonyl (C=O) groups is 2. The van der Waals surface area contributed by atoms with Crippen molar-refractivity contribution in [3.8, 4) is 0 Å². The summed E-state index contributed by atoms with van der Waals surface area (Å²) in [7, 11) is 1.75. The first-order chi connectivity index (χ1) is 13.3. The van der Waals surface area contributed by atoms with Gasteiger partial charge in [0.1, 0.15) is 5.60 Å². The van der Waals surface area contributed by atoms with E-state index in [0.29, 0.717) is 13.1 Å². The number of hydrogen-bond donors (Lipinski definition) is 1. The fourth-order valence-electron chi connectivity index (χ4n) is 3.46. The molecule has 29 heavy (non-hydrogen) atoms. The minimum absolute atomic E-state index is 0.0851. The predicted octanol–water partition coefficient (Wildman–Crippen LogP) is 5.09. The molecule has 1 aromatic carbocycles. The van der Waals surface area contributed by atoms with Crippen molar-refractivity contribution in [2.24, 2.45) is 5.92 Å². The first-order valence-electron chi connectivity index (χ1n) is 10.5. The van der Waals surface area contributed by atoms with Crippen LogP contribution in [0.5, 0.6) is 0 Å². The van der Waals surface area contributed by atoms with Crippen LogP contribution >= 0.6 is 0 Å². The van der Waals surface area contributed by atoms with Crippen molar-refractivity contribution in [1.82, 2.24) is 9.80 Å². The van der Waals surface area contributed by atoms with Gasteiger partial charge in [0, 0.05) is 32.4 Å². The highest BCUT2D eigenvalue weighted by Crippen LogP contribution is 2.24. The summed E-state index contributed by atoms with van der Waals surface area (Å²) in [4.78, 5) is 28.4. The number of urea groups is 1. The number of ether oxygens (including phenoxy) is 1. The van der Waals surface area contributed by atoms with Crippen LogP contribution in [0.3, 0.4) is 0 Å². The third-order valence-corrected chi connectivity index (χ3v) is 5.05. The largest absolute Gasteiger partial charge is 0.444 e. The van der Waals surface area contributed by atoms with Crippen LogP contribution in [0.4, 0.5) is 15.3 Å². The molecule has 0 saturated carbocycles. The summed E-state index contributed by atoms with van der Waals surface area (Å²) in [6.07, 6.45) is 1.61. The predicted molar refractivity (Wildman–Crippen MR) is 117 cm³/mol. The zero-order valence-corrected chi connectivity index (χ0v) is 19.0. The number of carbonyl (C=O) groups excluding carboxylic acids is 2. The van der Waals surface area contributed by atoms with Crippen LogP contribution in [0, 0.1) is 5.92 Å². The Bertz CT molecular complexity index is 702. The van der Waals surface area contributed by atoms with Gasteiger partial charge in [0.25, 0.3) is 0 Å². The number of piperidine rings is 1. The second-order valence-corrected chi connectivity index (χ2v) is 10.1. The lowest BCUT2D eigenvalue weighted by atomic mass is 9.87. The number of nitrogens with zero attached hydrogens (tertiary/aromatic N) is 2. The van der Waals surface area contributed by atoms with Crippen LogP contribution < -0.4 is 5.32 Å². The second-order valence-electron chi connectivity index (χ2n) is 10.1. The fraction of sp³-hybridized carbons (Fsp3) is 0.652. The molecule has 2 rings (SSSR count). The summed E-state index contributed by atoms with van der Waals surface area (Å²) in [6, 6.07) is 7.94. The van der Waals surface area contributed by atoms with E-state index in [1.165, 1.54) is 5.56 Å². The molecule has 162 valence electrons. The molecule has 6 nitrogen and oxygen atoms in total. The van der Waals surface area contributed by atoms with Crippen LogP contribution in [0.2, 0.25) is 0 Å². The number of benzene rings is 1. The Morgan fingerprint density at radius 1 is 1.14 bits per heavy atom. The summed E-state index contributed by atoms with van der Waals surface area (Å²) in [5.41, 5.74) is 1.62. The van der Waals surface area contributed by atoms with E-state index >= 15 is 0 Å². The number of likely N-dealkylation sites (tertiary alicyclic amines) is 1. The Balaban J connectivity index is 1.89. The van der Waals surface area contributed by atoms with E-state index in [-0.39, 0.29) is 23.5 Å². The molecule has 0 spiro atoms. The van der Waals surface area contributed by atoms with Gasteiger partial charge >= 0.3 is 12.1 Å². The fourth-order valence-corrected chi connectivity index (χ4v) is 3.46. The third-order valence-electron chi connectivity index (χ3n) is 5.05. The minimum Gasteiger partial charge on any atom is -0.444 e.